The predicted octanol–water partition coefficient (Wildman–Crippen LogP) is 3.31. The van der Waals surface area contributed by atoms with Crippen molar-refractivity contribution in [3.05, 3.63) is 48.0 Å². The number of morpholine rings is 1. The minimum atomic E-state index is -0.133. The van der Waals surface area contributed by atoms with Gasteiger partial charge in [0.15, 0.2) is 0 Å². The van der Waals surface area contributed by atoms with Gasteiger partial charge in [0, 0.05) is 44.8 Å². The van der Waals surface area contributed by atoms with Crippen LogP contribution in [-0.4, -0.2) is 73.1 Å². The maximum Gasteiger partial charge on any atom is 0.254 e. The molecule has 4 rings (SSSR count). The van der Waals surface area contributed by atoms with Crippen molar-refractivity contribution in [2.75, 3.05) is 39.3 Å². The molecule has 0 aromatic heterocycles. The normalized spacial score (nSPS) is 24.4. The first-order valence-electron chi connectivity index (χ1n) is 11.9. The van der Waals surface area contributed by atoms with E-state index in [9.17, 15) is 9.59 Å². The van der Waals surface area contributed by atoms with E-state index in [0.29, 0.717) is 19.6 Å². The van der Waals surface area contributed by atoms with Gasteiger partial charge < -0.3 is 15.0 Å². The summed E-state index contributed by atoms with van der Waals surface area (Å²) in [5.74, 6) is -0.0369. The SMILES string of the molecule is CC1CN(CCCNC(=O)C2CCCN(C(=O)c3cccc4ccccc34)C2)CC(C)O1. The molecule has 6 heteroatoms. The van der Waals surface area contributed by atoms with Gasteiger partial charge in [0.2, 0.25) is 5.91 Å². The number of carbonyl (C=O) groups excluding carboxylic acids is 2. The van der Waals surface area contributed by atoms with Crippen molar-refractivity contribution < 1.29 is 14.3 Å². The molecule has 2 amide bonds. The van der Waals surface area contributed by atoms with Crippen LogP contribution in [0.5, 0.6) is 0 Å². The van der Waals surface area contributed by atoms with Crippen LogP contribution in [0.3, 0.4) is 0 Å². The molecule has 1 N–H and O–H groups in total. The van der Waals surface area contributed by atoms with E-state index in [-0.39, 0.29) is 29.9 Å². The lowest BCUT2D eigenvalue weighted by molar-refractivity contribution is -0.126. The molecule has 3 atom stereocenters. The number of ether oxygens (including phenoxy) is 1. The average Bonchev–Trinajstić information content (AvgIpc) is 2.80. The number of rotatable bonds is 6. The van der Waals surface area contributed by atoms with Crippen molar-refractivity contribution in [3.63, 3.8) is 0 Å². The molecule has 3 unspecified atom stereocenters. The second-order valence-electron chi connectivity index (χ2n) is 9.28. The summed E-state index contributed by atoms with van der Waals surface area (Å²) in [5, 5.41) is 5.14. The summed E-state index contributed by atoms with van der Waals surface area (Å²) in [6, 6.07) is 13.8. The van der Waals surface area contributed by atoms with Crippen LogP contribution in [0, 0.1) is 5.92 Å². The second-order valence-corrected chi connectivity index (χ2v) is 9.28. The van der Waals surface area contributed by atoms with E-state index in [1.165, 1.54) is 0 Å². The fourth-order valence-electron chi connectivity index (χ4n) is 5.08. The smallest absolute Gasteiger partial charge is 0.254 e. The summed E-state index contributed by atoms with van der Waals surface area (Å²) >= 11 is 0. The third-order valence-electron chi connectivity index (χ3n) is 6.55. The molecule has 2 aromatic carbocycles. The summed E-state index contributed by atoms with van der Waals surface area (Å²) in [6.07, 6.45) is 3.15. The van der Waals surface area contributed by atoms with Crippen molar-refractivity contribution >= 4 is 22.6 Å². The summed E-state index contributed by atoms with van der Waals surface area (Å²) in [7, 11) is 0. The maximum atomic E-state index is 13.2. The molecule has 2 heterocycles. The lowest BCUT2D eigenvalue weighted by Gasteiger charge is -2.35. The Hall–Kier alpha value is -2.44. The third-order valence-corrected chi connectivity index (χ3v) is 6.55. The van der Waals surface area contributed by atoms with Crippen molar-refractivity contribution in [1.82, 2.24) is 15.1 Å². The average molecular weight is 438 g/mol. The molecule has 172 valence electrons. The highest BCUT2D eigenvalue weighted by Gasteiger charge is 2.29. The van der Waals surface area contributed by atoms with Crippen molar-refractivity contribution in [2.24, 2.45) is 5.92 Å². The molecule has 0 saturated carbocycles. The van der Waals surface area contributed by atoms with E-state index in [1.807, 2.05) is 47.4 Å². The van der Waals surface area contributed by atoms with Gasteiger partial charge in [-0.2, -0.15) is 0 Å². The first kappa shape index (κ1) is 22.7. The number of likely N-dealkylation sites (tertiary alicyclic amines) is 1. The van der Waals surface area contributed by atoms with Gasteiger partial charge in [-0.3, -0.25) is 14.5 Å². The Balaban J connectivity index is 1.28. The van der Waals surface area contributed by atoms with Crippen LogP contribution in [0.15, 0.2) is 42.5 Å². The lowest BCUT2D eigenvalue weighted by Crippen LogP contribution is -2.47. The molecule has 0 aliphatic carbocycles. The Morgan fingerprint density at radius 1 is 1.03 bits per heavy atom. The predicted molar refractivity (Wildman–Crippen MR) is 127 cm³/mol. The van der Waals surface area contributed by atoms with Gasteiger partial charge in [0.05, 0.1) is 18.1 Å². The van der Waals surface area contributed by atoms with Gasteiger partial charge in [0.1, 0.15) is 0 Å². The largest absolute Gasteiger partial charge is 0.373 e. The number of benzene rings is 2. The van der Waals surface area contributed by atoms with E-state index in [4.69, 9.17) is 4.74 Å². The van der Waals surface area contributed by atoms with Gasteiger partial charge >= 0.3 is 0 Å². The molecule has 32 heavy (non-hydrogen) atoms. The molecular formula is C26H35N3O3. The monoisotopic (exact) mass is 437 g/mol. The highest BCUT2D eigenvalue weighted by Crippen LogP contribution is 2.23. The summed E-state index contributed by atoms with van der Waals surface area (Å²) < 4.78 is 5.78. The number of nitrogens with one attached hydrogen (secondary N) is 1. The molecule has 2 aromatic rings. The molecular weight excluding hydrogens is 402 g/mol. The second kappa shape index (κ2) is 10.5. The Kier molecular flexibility index (Phi) is 7.43. The lowest BCUT2D eigenvalue weighted by atomic mass is 9.95. The molecule has 2 aliphatic rings. The zero-order chi connectivity index (χ0) is 22.5. The summed E-state index contributed by atoms with van der Waals surface area (Å²) in [6.45, 7) is 8.96. The number of carbonyl (C=O) groups is 2. The summed E-state index contributed by atoms with van der Waals surface area (Å²) in [4.78, 5) is 30.3. The topological polar surface area (TPSA) is 61.9 Å². The molecule has 0 radical (unpaired) electrons. The number of hydrogen-bond acceptors (Lipinski definition) is 4. The quantitative estimate of drug-likeness (QED) is 0.705. The van der Waals surface area contributed by atoms with E-state index >= 15 is 0 Å². The first-order chi connectivity index (χ1) is 15.5. The Morgan fingerprint density at radius 2 is 1.78 bits per heavy atom. The molecule has 6 nitrogen and oxygen atoms in total. The van der Waals surface area contributed by atoms with Crippen molar-refractivity contribution in [2.45, 2.75) is 45.3 Å². The Bertz CT molecular complexity index is 932. The minimum Gasteiger partial charge on any atom is -0.373 e. The summed E-state index contributed by atoms with van der Waals surface area (Å²) in [5.41, 5.74) is 0.720. The van der Waals surface area contributed by atoms with E-state index in [0.717, 1.165) is 55.2 Å². The molecule has 2 aliphatic heterocycles. The molecule has 2 fully saturated rings. The standard InChI is InChI=1S/C26H35N3O3/c1-19-16-28(17-20(2)32-19)14-7-13-27-25(30)22-10-6-15-29(18-22)26(31)24-12-5-9-21-8-3-4-11-23(21)24/h3-5,8-9,11-12,19-20,22H,6-7,10,13-18H2,1-2H3,(H,27,30). The molecule has 0 spiro atoms. The first-order valence-corrected chi connectivity index (χ1v) is 11.9. The van der Waals surface area contributed by atoms with Crippen LogP contribution in [-0.2, 0) is 9.53 Å². The zero-order valence-corrected chi connectivity index (χ0v) is 19.3. The number of piperidine rings is 1. The highest BCUT2D eigenvalue weighted by atomic mass is 16.5. The van der Waals surface area contributed by atoms with Crippen molar-refractivity contribution in [3.8, 4) is 0 Å². The zero-order valence-electron chi connectivity index (χ0n) is 19.3. The molecule has 0 bridgehead atoms. The van der Waals surface area contributed by atoms with Crippen LogP contribution in [0.4, 0.5) is 0 Å². The highest BCUT2D eigenvalue weighted by molar-refractivity contribution is 6.07. The fraction of sp³-hybridized carbons (Fsp3) is 0.538. The van der Waals surface area contributed by atoms with E-state index in [2.05, 4.69) is 24.1 Å². The number of fused-ring (bicyclic) bond motifs is 1. The van der Waals surface area contributed by atoms with Crippen LogP contribution < -0.4 is 5.32 Å². The van der Waals surface area contributed by atoms with Crippen LogP contribution in [0.2, 0.25) is 0 Å². The van der Waals surface area contributed by atoms with Gasteiger partial charge in [-0.1, -0.05) is 36.4 Å². The maximum absolute atomic E-state index is 13.2. The number of amides is 2. The van der Waals surface area contributed by atoms with Gasteiger partial charge in [-0.15, -0.1) is 0 Å². The van der Waals surface area contributed by atoms with Crippen LogP contribution in [0.1, 0.15) is 43.5 Å². The van der Waals surface area contributed by atoms with Crippen molar-refractivity contribution in [1.29, 1.82) is 0 Å². The minimum absolute atomic E-state index is 0.0230. The van der Waals surface area contributed by atoms with Crippen LogP contribution in [0.25, 0.3) is 10.8 Å². The molecule has 2 saturated heterocycles. The van der Waals surface area contributed by atoms with Gasteiger partial charge in [-0.25, -0.2) is 0 Å². The number of hydrogen-bond donors (Lipinski definition) is 1. The third kappa shape index (κ3) is 5.48. The van der Waals surface area contributed by atoms with Gasteiger partial charge in [0.25, 0.3) is 5.91 Å². The van der Waals surface area contributed by atoms with Crippen LogP contribution >= 0.6 is 0 Å². The Morgan fingerprint density at radius 3 is 2.59 bits per heavy atom. The fourth-order valence-corrected chi connectivity index (χ4v) is 5.08. The van der Waals surface area contributed by atoms with E-state index in [1.54, 1.807) is 0 Å². The number of nitrogens with zero attached hydrogens (tertiary/aromatic N) is 2. The Labute approximate surface area is 190 Å². The van der Waals surface area contributed by atoms with E-state index < -0.39 is 0 Å². The van der Waals surface area contributed by atoms with Gasteiger partial charge in [-0.05, 0) is 49.9 Å².